The number of likely N-dealkylation sites (N-methyl/N-ethyl adjacent to an activating group) is 1. The minimum atomic E-state index is 0.217. The Labute approximate surface area is 127 Å². The average Bonchev–Trinajstić information content (AvgIpc) is 2.68. The fourth-order valence-corrected chi connectivity index (χ4v) is 3.65. The molecule has 0 amide bonds. The number of nitrogens with zero attached hydrogens (tertiary/aromatic N) is 3. The molecule has 0 radical (unpaired) electrons. The van der Waals surface area contributed by atoms with E-state index in [0.717, 1.165) is 18.1 Å². The molecule has 1 fully saturated rings. The SMILES string of the molecule is Cc1nc(C)c(CNCC(C)(C)N2CCN(C)CC2)s1. The maximum absolute atomic E-state index is 4.49. The summed E-state index contributed by atoms with van der Waals surface area (Å²) in [6.45, 7) is 15.5. The third-order valence-electron chi connectivity index (χ3n) is 4.20. The maximum atomic E-state index is 4.49. The van der Waals surface area contributed by atoms with Gasteiger partial charge in [0.15, 0.2) is 0 Å². The third kappa shape index (κ3) is 4.01. The van der Waals surface area contributed by atoms with E-state index in [1.54, 1.807) is 11.3 Å². The van der Waals surface area contributed by atoms with Gasteiger partial charge in [-0.3, -0.25) is 4.90 Å². The molecular formula is C15H28N4S. The molecule has 0 unspecified atom stereocenters. The van der Waals surface area contributed by atoms with Crippen molar-refractivity contribution in [3.8, 4) is 0 Å². The van der Waals surface area contributed by atoms with Gasteiger partial charge in [0, 0.05) is 49.7 Å². The van der Waals surface area contributed by atoms with Crippen LogP contribution >= 0.6 is 11.3 Å². The van der Waals surface area contributed by atoms with Crippen molar-refractivity contribution < 1.29 is 0 Å². The zero-order valence-electron chi connectivity index (χ0n) is 13.5. The van der Waals surface area contributed by atoms with Crippen LogP contribution in [0.25, 0.3) is 0 Å². The molecule has 4 nitrogen and oxygen atoms in total. The van der Waals surface area contributed by atoms with Crippen molar-refractivity contribution in [1.82, 2.24) is 20.1 Å². The minimum Gasteiger partial charge on any atom is -0.310 e. The highest BCUT2D eigenvalue weighted by Gasteiger charge is 2.28. The molecule has 1 aromatic rings. The first-order valence-electron chi connectivity index (χ1n) is 7.46. The Balaban J connectivity index is 1.81. The number of piperazine rings is 1. The van der Waals surface area contributed by atoms with Crippen LogP contribution in [0.5, 0.6) is 0 Å². The van der Waals surface area contributed by atoms with Crippen LogP contribution in [0.3, 0.4) is 0 Å². The van der Waals surface area contributed by atoms with Crippen LogP contribution < -0.4 is 5.32 Å². The summed E-state index contributed by atoms with van der Waals surface area (Å²) in [5.41, 5.74) is 1.40. The smallest absolute Gasteiger partial charge is 0.0900 e. The van der Waals surface area contributed by atoms with Crippen molar-refractivity contribution in [2.45, 2.75) is 39.8 Å². The molecule has 0 aliphatic carbocycles. The molecule has 0 atom stereocenters. The Bertz CT molecular complexity index is 433. The summed E-state index contributed by atoms with van der Waals surface area (Å²) in [6.07, 6.45) is 0. The summed E-state index contributed by atoms with van der Waals surface area (Å²) >= 11 is 1.81. The Morgan fingerprint density at radius 1 is 1.20 bits per heavy atom. The van der Waals surface area contributed by atoms with Crippen molar-refractivity contribution in [3.63, 3.8) is 0 Å². The predicted octanol–water partition coefficient (Wildman–Crippen LogP) is 1.88. The summed E-state index contributed by atoms with van der Waals surface area (Å²) in [5.74, 6) is 0. The van der Waals surface area contributed by atoms with Gasteiger partial charge in [0.1, 0.15) is 0 Å². The standard InChI is InChI=1S/C15H28N4S/c1-12-14(20-13(2)17-12)10-16-11-15(3,4)19-8-6-18(5)7-9-19/h16H,6-11H2,1-5H3. The minimum absolute atomic E-state index is 0.217. The zero-order valence-corrected chi connectivity index (χ0v) is 14.3. The Hall–Kier alpha value is -0.490. The normalized spacial score (nSPS) is 18.6. The van der Waals surface area contributed by atoms with E-state index in [1.165, 1.54) is 36.8 Å². The zero-order chi connectivity index (χ0) is 14.8. The van der Waals surface area contributed by atoms with Crippen molar-refractivity contribution in [2.75, 3.05) is 39.8 Å². The van der Waals surface area contributed by atoms with Gasteiger partial charge in [-0.05, 0) is 34.7 Å². The number of hydrogen-bond donors (Lipinski definition) is 1. The first-order chi connectivity index (χ1) is 9.38. The number of nitrogens with one attached hydrogen (secondary N) is 1. The molecule has 2 heterocycles. The van der Waals surface area contributed by atoms with Crippen LogP contribution in [0.15, 0.2) is 0 Å². The molecule has 0 bridgehead atoms. The summed E-state index contributed by atoms with van der Waals surface area (Å²) in [6, 6.07) is 0. The van der Waals surface area contributed by atoms with Gasteiger partial charge in [0.05, 0.1) is 10.7 Å². The number of thiazole rings is 1. The van der Waals surface area contributed by atoms with Gasteiger partial charge in [-0.1, -0.05) is 0 Å². The Kier molecular flexibility index (Phi) is 5.18. The van der Waals surface area contributed by atoms with E-state index in [4.69, 9.17) is 0 Å². The van der Waals surface area contributed by atoms with Gasteiger partial charge in [0.2, 0.25) is 0 Å². The van der Waals surface area contributed by atoms with Crippen molar-refractivity contribution in [2.24, 2.45) is 0 Å². The number of hydrogen-bond acceptors (Lipinski definition) is 5. The number of aryl methyl sites for hydroxylation is 2. The van der Waals surface area contributed by atoms with E-state index in [-0.39, 0.29) is 5.54 Å². The highest BCUT2D eigenvalue weighted by molar-refractivity contribution is 7.11. The van der Waals surface area contributed by atoms with E-state index in [0.29, 0.717) is 0 Å². The largest absolute Gasteiger partial charge is 0.310 e. The van der Waals surface area contributed by atoms with Crippen LogP contribution in [0.4, 0.5) is 0 Å². The van der Waals surface area contributed by atoms with Crippen LogP contribution in [-0.4, -0.2) is 60.1 Å². The molecule has 5 heteroatoms. The molecule has 0 aromatic carbocycles. The Morgan fingerprint density at radius 3 is 2.40 bits per heavy atom. The number of aromatic nitrogens is 1. The number of rotatable bonds is 5. The summed E-state index contributed by atoms with van der Waals surface area (Å²) in [5, 5.41) is 4.78. The van der Waals surface area contributed by atoms with Crippen LogP contribution in [-0.2, 0) is 6.54 Å². The van der Waals surface area contributed by atoms with E-state index < -0.39 is 0 Å². The lowest BCUT2D eigenvalue weighted by Gasteiger charge is -2.43. The van der Waals surface area contributed by atoms with E-state index in [1.807, 2.05) is 0 Å². The maximum Gasteiger partial charge on any atom is 0.0900 e. The monoisotopic (exact) mass is 296 g/mol. The van der Waals surface area contributed by atoms with Crippen LogP contribution in [0, 0.1) is 13.8 Å². The lowest BCUT2D eigenvalue weighted by Crippen LogP contribution is -2.57. The van der Waals surface area contributed by atoms with E-state index >= 15 is 0 Å². The molecular weight excluding hydrogens is 268 g/mol. The van der Waals surface area contributed by atoms with Gasteiger partial charge in [-0.2, -0.15) is 0 Å². The van der Waals surface area contributed by atoms with Gasteiger partial charge in [0.25, 0.3) is 0 Å². The van der Waals surface area contributed by atoms with Crippen molar-refractivity contribution in [1.29, 1.82) is 0 Å². The molecule has 1 aliphatic rings. The second-order valence-corrected chi connectivity index (χ2v) is 7.74. The molecule has 2 rings (SSSR count). The molecule has 1 saturated heterocycles. The van der Waals surface area contributed by atoms with E-state index in [9.17, 15) is 0 Å². The molecule has 1 N–H and O–H groups in total. The van der Waals surface area contributed by atoms with Crippen LogP contribution in [0.2, 0.25) is 0 Å². The lowest BCUT2D eigenvalue weighted by atomic mass is 10.0. The highest BCUT2D eigenvalue weighted by atomic mass is 32.1. The molecule has 0 saturated carbocycles. The molecule has 1 aliphatic heterocycles. The topological polar surface area (TPSA) is 31.4 Å². The first-order valence-corrected chi connectivity index (χ1v) is 8.27. The summed E-state index contributed by atoms with van der Waals surface area (Å²) < 4.78 is 0. The molecule has 0 spiro atoms. The van der Waals surface area contributed by atoms with Crippen molar-refractivity contribution in [3.05, 3.63) is 15.6 Å². The third-order valence-corrected chi connectivity index (χ3v) is 5.27. The van der Waals surface area contributed by atoms with Crippen LogP contribution in [0.1, 0.15) is 29.4 Å². The second kappa shape index (κ2) is 6.52. The quantitative estimate of drug-likeness (QED) is 0.899. The van der Waals surface area contributed by atoms with E-state index in [2.05, 4.69) is 54.8 Å². The lowest BCUT2D eigenvalue weighted by molar-refractivity contribution is 0.0618. The molecule has 20 heavy (non-hydrogen) atoms. The molecule has 1 aromatic heterocycles. The van der Waals surface area contributed by atoms with Gasteiger partial charge >= 0.3 is 0 Å². The predicted molar refractivity (Wildman–Crippen MR) is 86.4 cm³/mol. The van der Waals surface area contributed by atoms with Gasteiger partial charge in [-0.15, -0.1) is 11.3 Å². The first kappa shape index (κ1) is 15.9. The highest BCUT2D eigenvalue weighted by Crippen LogP contribution is 2.18. The fourth-order valence-electron chi connectivity index (χ4n) is 2.74. The fraction of sp³-hybridized carbons (Fsp3) is 0.800. The average molecular weight is 296 g/mol. The summed E-state index contributed by atoms with van der Waals surface area (Å²) in [7, 11) is 2.21. The second-order valence-electron chi connectivity index (χ2n) is 6.45. The van der Waals surface area contributed by atoms with Gasteiger partial charge < -0.3 is 10.2 Å². The summed E-state index contributed by atoms with van der Waals surface area (Å²) in [4.78, 5) is 10.9. The van der Waals surface area contributed by atoms with Crippen molar-refractivity contribution >= 4 is 11.3 Å². The molecule has 114 valence electrons. The van der Waals surface area contributed by atoms with Gasteiger partial charge in [-0.25, -0.2) is 4.98 Å². The Morgan fingerprint density at radius 2 is 1.85 bits per heavy atom.